The second-order valence-corrected chi connectivity index (χ2v) is 5.33. The number of hydrogen-bond donors (Lipinski definition) is 2. The Bertz CT molecular complexity index is 430. The highest BCUT2D eigenvalue weighted by molar-refractivity contribution is 5.85. The summed E-state index contributed by atoms with van der Waals surface area (Å²) in [4.78, 5) is 11.8. The Labute approximate surface area is 121 Å². The van der Waals surface area contributed by atoms with Crippen LogP contribution in [0.2, 0.25) is 0 Å². The maximum atomic E-state index is 11.8. The number of nitrogens with one attached hydrogen (secondary N) is 1. The van der Waals surface area contributed by atoms with Crippen molar-refractivity contribution in [2.24, 2.45) is 5.41 Å². The SMILES string of the molecule is CCC1(CNC(=O)CCc2ccccc2N)CC1.Cl. The molecule has 0 atom stereocenters. The summed E-state index contributed by atoms with van der Waals surface area (Å²) in [6.45, 7) is 3.04. The zero-order valence-corrected chi connectivity index (χ0v) is 12.3. The van der Waals surface area contributed by atoms with Crippen LogP contribution in [0, 0.1) is 5.41 Å². The minimum Gasteiger partial charge on any atom is -0.399 e. The minimum atomic E-state index is 0. The van der Waals surface area contributed by atoms with Crippen molar-refractivity contribution < 1.29 is 4.79 Å². The fourth-order valence-electron chi connectivity index (χ4n) is 2.22. The van der Waals surface area contributed by atoms with E-state index in [2.05, 4.69) is 12.2 Å². The van der Waals surface area contributed by atoms with E-state index in [1.54, 1.807) is 0 Å². The molecule has 1 amide bonds. The van der Waals surface area contributed by atoms with Crippen LogP contribution >= 0.6 is 12.4 Å². The van der Waals surface area contributed by atoms with Crippen LogP contribution < -0.4 is 11.1 Å². The first-order chi connectivity index (χ1) is 8.65. The van der Waals surface area contributed by atoms with E-state index >= 15 is 0 Å². The lowest BCUT2D eigenvalue weighted by atomic mass is 10.0. The Hall–Kier alpha value is -1.22. The van der Waals surface area contributed by atoms with Crippen molar-refractivity contribution in [1.29, 1.82) is 0 Å². The van der Waals surface area contributed by atoms with Crippen molar-refractivity contribution >= 4 is 24.0 Å². The molecule has 3 nitrogen and oxygen atoms in total. The molecule has 4 heteroatoms. The van der Waals surface area contributed by atoms with E-state index in [1.165, 1.54) is 19.3 Å². The highest BCUT2D eigenvalue weighted by Gasteiger charge is 2.40. The molecule has 0 aromatic heterocycles. The molecule has 1 aromatic rings. The van der Waals surface area contributed by atoms with Gasteiger partial charge in [-0.2, -0.15) is 0 Å². The molecule has 1 fully saturated rings. The highest BCUT2D eigenvalue weighted by Crippen LogP contribution is 2.47. The number of aryl methyl sites for hydroxylation is 1. The Kier molecular flexibility index (Phi) is 5.67. The molecule has 106 valence electrons. The van der Waals surface area contributed by atoms with Crippen LogP contribution in [0.25, 0.3) is 0 Å². The van der Waals surface area contributed by atoms with Crippen LogP contribution in [0.5, 0.6) is 0 Å². The smallest absolute Gasteiger partial charge is 0.220 e. The fraction of sp³-hybridized carbons (Fsp3) is 0.533. The van der Waals surface area contributed by atoms with Gasteiger partial charge in [-0.25, -0.2) is 0 Å². The van der Waals surface area contributed by atoms with E-state index < -0.39 is 0 Å². The van der Waals surface area contributed by atoms with Crippen LogP contribution in [0.15, 0.2) is 24.3 Å². The topological polar surface area (TPSA) is 55.1 Å². The van der Waals surface area contributed by atoms with Gasteiger partial charge < -0.3 is 11.1 Å². The third-order valence-electron chi connectivity index (χ3n) is 4.04. The molecule has 0 radical (unpaired) electrons. The van der Waals surface area contributed by atoms with Gasteiger partial charge in [0.25, 0.3) is 0 Å². The molecular weight excluding hydrogens is 260 g/mol. The number of nitrogens with two attached hydrogens (primary N) is 1. The summed E-state index contributed by atoms with van der Waals surface area (Å²) >= 11 is 0. The second kappa shape index (κ2) is 6.80. The van der Waals surface area contributed by atoms with Gasteiger partial charge in [0.15, 0.2) is 0 Å². The van der Waals surface area contributed by atoms with E-state index in [0.717, 1.165) is 24.2 Å². The van der Waals surface area contributed by atoms with Gasteiger partial charge in [0.05, 0.1) is 0 Å². The van der Waals surface area contributed by atoms with Crippen LogP contribution in [-0.2, 0) is 11.2 Å². The van der Waals surface area contributed by atoms with Gasteiger partial charge >= 0.3 is 0 Å². The molecule has 1 aromatic carbocycles. The Morgan fingerprint density at radius 3 is 2.63 bits per heavy atom. The van der Waals surface area contributed by atoms with E-state index in [0.29, 0.717) is 11.8 Å². The standard InChI is InChI=1S/C15H22N2O.ClH/c1-2-15(9-10-15)11-17-14(18)8-7-12-5-3-4-6-13(12)16;/h3-6H,2,7-11,16H2,1H3,(H,17,18);1H. The summed E-state index contributed by atoms with van der Waals surface area (Å²) in [6, 6.07) is 7.73. The number of hydrogen-bond acceptors (Lipinski definition) is 2. The zero-order valence-electron chi connectivity index (χ0n) is 11.4. The number of carbonyl (C=O) groups is 1. The van der Waals surface area contributed by atoms with E-state index in [9.17, 15) is 4.79 Å². The van der Waals surface area contributed by atoms with E-state index in [-0.39, 0.29) is 18.3 Å². The molecule has 0 saturated heterocycles. The maximum Gasteiger partial charge on any atom is 0.220 e. The Morgan fingerprint density at radius 1 is 1.37 bits per heavy atom. The van der Waals surface area contributed by atoms with Crippen molar-refractivity contribution in [3.8, 4) is 0 Å². The summed E-state index contributed by atoms with van der Waals surface area (Å²) in [7, 11) is 0. The summed E-state index contributed by atoms with van der Waals surface area (Å²) < 4.78 is 0. The van der Waals surface area contributed by atoms with Gasteiger partial charge in [0.1, 0.15) is 0 Å². The molecule has 2 rings (SSSR count). The third-order valence-corrected chi connectivity index (χ3v) is 4.04. The largest absolute Gasteiger partial charge is 0.399 e. The average molecular weight is 283 g/mol. The molecule has 0 bridgehead atoms. The van der Waals surface area contributed by atoms with Crippen molar-refractivity contribution in [3.05, 3.63) is 29.8 Å². The first-order valence-electron chi connectivity index (χ1n) is 6.75. The van der Waals surface area contributed by atoms with Crippen LogP contribution in [0.3, 0.4) is 0 Å². The summed E-state index contributed by atoms with van der Waals surface area (Å²) in [5.74, 6) is 0.137. The number of carbonyl (C=O) groups excluding carboxylic acids is 1. The van der Waals surface area contributed by atoms with Gasteiger partial charge in [-0.3, -0.25) is 4.79 Å². The predicted octanol–water partition coefficient (Wildman–Crippen LogP) is 2.93. The number of benzene rings is 1. The molecule has 0 heterocycles. The van der Waals surface area contributed by atoms with Crippen LogP contribution in [-0.4, -0.2) is 12.5 Å². The lowest BCUT2D eigenvalue weighted by Crippen LogP contribution is -2.30. The molecule has 1 aliphatic rings. The van der Waals surface area contributed by atoms with Crippen molar-refractivity contribution in [2.45, 2.75) is 39.0 Å². The lowest BCUT2D eigenvalue weighted by molar-refractivity contribution is -0.121. The van der Waals surface area contributed by atoms with E-state index in [1.807, 2.05) is 24.3 Å². The molecule has 0 aliphatic heterocycles. The third kappa shape index (κ3) is 4.43. The molecule has 1 saturated carbocycles. The predicted molar refractivity (Wildman–Crippen MR) is 81.4 cm³/mol. The van der Waals surface area contributed by atoms with Gasteiger partial charge in [-0.05, 0) is 42.7 Å². The maximum absolute atomic E-state index is 11.8. The van der Waals surface area contributed by atoms with Gasteiger partial charge in [-0.15, -0.1) is 12.4 Å². The molecule has 3 N–H and O–H groups in total. The average Bonchev–Trinajstić information content (AvgIpc) is 3.16. The van der Waals surface area contributed by atoms with E-state index in [4.69, 9.17) is 5.73 Å². The number of para-hydroxylation sites is 1. The molecule has 1 aliphatic carbocycles. The molecule has 0 unspecified atom stereocenters. The fourth-order valence-corrected chi connectivity index (χ4v) is 2.22. The number of halogens is 1. The Balaban J connectivity index is 0.00000180. The highest BCUT2D eigenvalue weighted by atomic mass is 35.5. The molecular formula is C15H23ClN2O. The summed E-state index contributed by atoms with van der Waals surface area (Å²) in [5.41, 5.74) is 8.10. The zero-order chi connectivity index (χ0) is 13.0. The quantitative estimate of drug-likeness (QED) is 0.788. The lowest BCUT2D eigenvalue weighted by Gasteiger charge is -2.13. The number of amides is 1. The number of rotatable bonds is 6. The van der Waals surface area contributed by atoms with Crippen molar-refractivity contribution in [2.75, 3.05) is 12.3 Å². The van der Waals surface area contributed by atoms with Gasteiger partial charge in [-0.1, -0.05) is 25.1 Å². The second-order valence-electron chi connectivity index (χ2n) is 5.33. The monoisotopic (exact) mass is 282 g/mol. The normalized spacial score (nSPS) is 15.4. The number of nitrogen functional groups attached to an aromatic ring is 1. The first-order valence-corrected chi connectivity index (χ1v) is 6.75. The van der Waals surface area contributed by atoms with Crippen molar-refractivity contribution in [1.82, 2.24) is 5.32 Å². The molecule has 19 heavy (non-hydrogen) atoms. The van der Waals surface area contributed by atoms with Crippen LogP contribution in [0.1, 0.15) is 38.2 Å². The van der Waals surface area contributed by atoms with Gasteiger partial charge in [0, 0.05) is 18.7 Å². The summed E-state index contributed by atoms with van der Waals surface area (Å²) in [6.07, 6.45) is 4.93. The molecule has 0 spiro atoms. The summed E-state index contributed by atoms with van der Waals surface area (Å²) in [5, 5.41) is 3.05. The van der Waals surface area contributed by atoms with Crippen LogP contribution in [0.4, 0.5) is 5.69 Å². The Morgan fingerprint density at radius 2 is 2.05 bits per heavy atom. The minimum absolute atomic E-state index is 0. The number of anilines is 1. The van der Waals surface area contributed by atoms with Gasteiger partial charge in [0.2, 0.25) is 5.91 Å². The first kappa shape index (κ1) is 15.8. The van der Waals surface area contributed by atoms with Crippen molar-refractivity contribution in [3.63, 3.8) is 0 Å².